The topological polar surface area (TPSA) is 50.4 Å². The summed E-state index contributed by atoms with van der Waals surface area (Å²) in [6, 6.07) is 8.55. The molecule has 1 fully saturated rings. The van der Waals surface area contributed by atoms with Gasteiger partial charge in [0, 0.05) is 25.6 Å². The van der Waals surface area contributed by atoms with Crippen LogP contribution in [0.25, 0.3) is 0 Å². The van der Waals surface area contributed by atoms with Crippen LogP contribution in [-0.4, -0.2) is 32.1 Å². The van der Waals surface area contributed by atoms with Gasteiger partial charge in [-0.1, -0.05) is 50.8 Å². The fourth-order valence-corrected chi connectivity index (χ4v) is 3.50. The molecule has 0 heterocycles. The van der Waals surface area contributed by atoms with Gasteiger partial charge in [-0.05, 0) is 30.4 Å². The minimum absolute atomic E-state index is 0.107. The van der Waals surface area contributed by atoms with Crippen LogP contribution in [0.3, 0.4) is 0 Å². The highest BCUT2D eigenvalue weighted by atomic mass is 16.5. The van der Waals surface area contributed by atoms with Crippen LogP contribution in [0, 0.1) is 0 Å². The normalized spacial score (nSPS) is 17.1. The Bertz CT molecular complexity index is 496. The summed E-state index contributed by atoms with van der Waals surface area (Å²) < 4.78 is 5.38. The van der Waals surface area contributed by atoms with E-state index in [-0.39, 0.29) is 11.8 Å². The summed E-state index contributed by atoms with van der Waals surface area (Å²) >= 11 is 0. The number of nitrogens with one attached hydrogen (secondary N) is 2. The molecule has 1 saturated carbocycles. The van der Waals surface area contributed by atoms with Gasteiger partial charge in [0.15, 0.2) is 0 Å². The number of ether oxygens (including phenoxy) is 1. The molecule has 4 nitrogen and oxygen atoms in total. The summed E-state index contributed by atoms with van der Waals surface area (Å²) in [6.45, 7) is 3.63. The van der Waals surface area contributed by atoms with Crippen LogP contribution < -0.4 is 15.4 Å². The second kappa shape index (κ2) is 10.3. The zero-order chi connectivity index (χ0) is 17.2. The van der Waals surface area contributed by atoms with Crippen molar-refractivity contribution in [2.45, 2.75) is 63.8 Å². The molecule has 0 saturated heterocycles. The van der Waals surface area contributed by atoms with Crippen LogP contribution in [0.2, 0.25) is 0 Å². The van der Waals surface area contributed by atoms with Gasteiger partial charge >= 0.3 is 0 Å². The molecule has 134 valence electrons. The lowest BCUT2D eigenvalue weighted by atomic mass is 9.96. The zero-order valence-electron chi connectivity index (χ0n) is 15.1. The standard InChI is InChI=1S/C20H32N2O2/c1-16(18-11-7-8-12-19(18)24-2)15-20(23)22-14-13-21-17-9-5-3-4-6-10-17/h7-8,11-12,16-17,21H,3-6,9-10,13-15H2,1-2H3,(H,22,23). The predicted molar refractivity (Wildman–Crippen MR) is 98.5 cm³/mol. The van der Waals surface area contributed by atoms with Crippen molar-refractivity contribution in [3.05, 3.63) is 29.8 Å². The Kier molecular flexibility index (Phi) is 8.10. The smallest absolute Gasteiger partial charge is 0.220 e. The van der Waals surface area contributed by atoms with E-state index in [9.17, 15) is 4.79 Å². The van der Waals surface area contributed by atoms with Crippen molar-refractivity contribution in [1.29, 1.82) is 0 Å². The number of hydrogen-bond donors (Lipinski definition) is 2. The largest absolute Gasteiger partial charge is 0.496 e. The highest BCUT2D eigenvalue weighted by molar-refractivity contribution is 5.77. The van der Waals surface area contributed by atoms with Gasteiger partial charge in [0.1, 0.15) is 5.75 Å². The van der Waals surface area contributed by atoms with E-state index in [1.165, 1.54) is 38.5 Å². The van der Waals surface area contributed by atoms with Crippen molar-refractivity contribution >= 4 is 5.91 Å². The Morgan fingerprint density at radius 2 is 1.88 bits per heavy atom. The maximum atomic E-state index is 12.2. The Labute approximate surface area is 146 Å². The van der Waals surface area contributed by atoms with E-state index >= 15 is 0 Å². The molecule has 0 spiro atoms. The van der Waals surface area contributed by atoms with Crippen molar-refractivity contribution in [3.63, 3.8) is 0 Å². The highest BCUT2D eigenvalue weighted by Crippen LogP contribution is 2.28. The SMILES string of the molecule is COc1ccccc1C(C)CC(=O)NCCNC1CCCCCC1. The van der Waals surface area contributed by atoms with Crippen molar-refractivity contribution in [1.82, 2.24) is 10.6 Å². The molecule has 1 atom stereocenters. The average Bonchev–Trinajstić information content (AvgIpc) is 2.87. The van der Waals surface area contributed by atoms with Crippen molar-refractivity contribution in [2.24, 2.45) is 0 Å². The van der Waals surface area contributed by atoms with E-state index in [2.05, 4.69) is 17.6 Å². The number of carbonyl (C=O) groups is 1. The highest BCUT2D eigenvalue weighted by Gasteiger charge is 2.15. The second-order valence-corrected chi connectivity index (χ2v) is 6.84. The third-order valence-corrected chi connectivity index (χ3v) is 4.90. The summed E-state index contributed by atoms with van der Waals surface area (Å²) in [6.07, 6.45) is 8.45. The Hall–Kier alpha value is -1.55. The molecular weight excluding hydrogens is 300 g/mol. The van der Waals surface area contributed by atoms with Gasteiger partial charge in [0.25, 0.3) is 0 Å². The lowest BCUT2D eigenvalue weighted by Crippen LogP contribution is -2.37. The number of carbonyl (C=O) groups excluding carboxylic acids is 1. The molecular formula is C20H32N2O2. The first-order chi connectivity index (χ1) is 11.7. The molecule has 0 radical (unpaired) electrons. The molecule has 2 rings (SSSR count). The van der Waals surface area contributed by atoms with Gasteiger partial charge in [-0.15, -0.1) is 0 Å². The minimum Gasteiger partial charge on any atom is -0.496 e. The van der Waals surface area contributed by atoms with Gasteiger partial charge in [-0.25, -0.2) is 0 Å². The van der Waals surface area contributed by atoms with Gasteiger partial charge in [-0.2, -0.15) is 0 Å². The van der Waals surface area contributed by atoms with Crippen molar-refractivity contribution < 1.29 is 9.53 Å². The molecule has 4 heteroatoms. The first kappa shape index (κ1) is 18.8. The predicted octanol–water partition coefficient (Wildman–Crippen LogP) is 3.62. The van der Waals surface area contributed by atoms with Crippen LogP contribution in [0.15, 0.2) is 24.3 Å². The number of methoxy groups -OCH3 is 1. The quantitative estimate of drug-likeness (QED) is 0.565. The summed E-state index contributed by atoms with van der Waals surface area (Å²) in [7, 11) is 1.67. The maximum Gasteiger partial charge on any atom is 0.220 e. The fourth-order valence-electron chi connectivity index (χ4n) is 3.50. The number of para-hydroxylation sites is 1. The Morgan fingerprint density at radius 3 is 2.58 bits per heavy atom. The zero-order valence-corrected chi connectivity index (χ0v) is 15.1. The van der Waals surface area contributed by atoms with Crippen LogP contribution in [0.4, 0.5) is 0 Å². The van der Waals surface area contributed by atoms with Crippen molar-refractivity contribution in [3.8, 4) is 5.75 Å². The van der Waals surface area contributed by atoms with Gasteiger partial charge < -0.3 is 15.4 Å². The monoisotopic (exact) mass is 332 g/mol. The van der Waals surface area contributed by atoms with E-state index in [0.29, 0.717) is 19.0 Å². The molecule has 1 aromatic rings. The Morgan fingerprint density at radius 1 is 1.17 bits per heavy atom. The van der Waals surface area contributed by atoms with E-state index in [1.54, 1.807) is 7.11 Å². The molecule has 1 aromatic carbocycles. The number of rotatable bonds is 8. The first-order valence-electron chi connectivity index (χ1n) is 9.33. The lowest BCUT2D eigenvalue weighted by molar-refractivity contribution is -0.121. The number of amides is 1. The summed E-state index contributed by atoms with van der Waals surface area (Å²) in [4.78, 5) is 12.2. The van der Waals surface area contributed by atoms with E-state index in [1.807, 2.05) is 24.3 Å². The van der Waals surface area contributed by atoms with Gasteiger partial charge in [-0.3, -0.25) is 4.79 Å². The van der Waals surface area contributed by atoms with E-state index < -0.39 is 0 Å². The van der Waals surface area contributed by atoms with Crippen LogP contribution in [0.1, 0.15) is 63.4 Å². The van der Waals surface area contributed by atoms with Crippen LogP contribution >= 0.6 is 0 Å². The summed E-state index contributed by atoms with van der Waals surface area (Å²) in [5.74, 6) is 1.11. The van der Waals surface area contributed by atoms with Gasteiger partial charge in [0.2, 0.25) is 5.91 Å². The van der Waals surface area contributed by atoms with Crippen LogP contribution in [0.5, 0.6) is 5.75 Å². The molecule has 1 unspecified atom stereocenters. The van der Waals surface area contributed by atoms with Gasteiger partial charge in [0.05, 0.1) is 7.11 Å². The molecule has 24 heavy (non-hydrogen) atoms. The molecule has 1 aliphatic carbocycles. The molecule has 0 aliphatic heterocycles. The molecule has 1 amide bonds. The maximum absolute atomic E-state index is 12.2. The first-order valence-corrected chi connectivity index (χ1v) is 9.33. The fraction of sp³-hybridized carbons (Fsp3) is 0.650. The summed E-state index contributed by atoms with van der Waals surface area (Å²) in [5.41, 5.74) is 1.09. The lowest BCUT2D eigenvalue weighted by Gasteiger charge is -2.17. The third-order valence-electron chi connectivity index (χ3n) is 4.90. The molecule has 1 aliphatic rings. The average molecular weight is 332 g/mol. The van der Waals surface area contributed by atoms with Crippen molar-refractivity contribution in [2.75, 3.05) is 20.2 Å². The van der Waals surface area contributed by atoms with Crippen LogP contribution in [-0.2, 0) is 4.79 Å². The molecule has 2 N–H and O–H groups in total. The number of hydrogen-bond acceptors (Lipinski definition) is 3. The molecule has 0 bridgehead atoms. The second-order valence-electron chi connectivity index (χ2n) is 6.84. The summed E-state index contributed by atoms with van der Waals surface area (Å²) in [5, 5.41) is 6.62. The minimum atomic E-state index is 0.107. The third kappa shape index (κ3) is 6.16. The van der Waals surface area contributed by atoms with E-state index in [4.69, 9.17) is 4.74 Å². The number of benzene rings is 1. The Balaban J connectivity index is 1.67. The molecule has 0 aromatic heterocycles. The van der Waals surface area contributed by atoms with E-state index in [0.717, 1.165) is 17.9 Å².